The summed E-state index contributed by atoms with van der Waals surface area (Å²) in [5, 5.41) is 5.91. The number of carbonyl (C=O) groups excluding carboxylic acids is 1. The number of nitrogens with one attached hydrogen (secondary N) is 2. The standard InChI is InChI=1S/C10H16N2O/c1-8(13)12-10-5-3-9(4-6-10)7-11-2/h3,5,11H,4,6-7H2,1-2H3,(H,12,13). The van der Waals surface area contributed by atoms with E-state index in [9.17, 15) is 4.79 Å². The zero-order chi connectivity index (χ0) is 9.68. The summed E-state index contributed by atoms with van der Waals surface area (Å²) in [5.74, 6) is 0.0108. The van der Waals surface area contributed by atoms with E-state index in [0.29, 0.717) is 0 Å². The third-order valence-electron chi connectivity index (χ3n) is 1.98. The summed E-state index contributed by atoms with van der Waals surface area (Å²) in [6.45, 7) is 2.47. The minimum atomic E-state index is 0.0108. The minimum absolute atomic E-state index is 0.0108. The van der Waals surface area contributed by atoms with Crippen molar-refractivity contribution < 1.29 is 4.79 Å². The summed E-state index contributed by atoms with van der Waals surface area (Å²) < 4.78 is 0. The van der Waals surface area contributed by atoms with Crippen molar-refractivity contribution >= 4 is 5.91 Å². The first-order chi connectivity index (χ1) is 6.22. The molecule has 0 aromatic heterocycles. The highest BCUT2D eigenvalue weighted by Gasteiger charge is 2.06. The van der Waals surface area contributed by atoms with Gasteiger partial charge in [-0.2, -0.15) is 0 Å². The highest BCUT2D eigenvalue weighted by Crippen LogP contribution is 2.15. The zero-order valence-electron chi connectivity index (χ0n) is 8.18. The van der Waals surface area contributed by atoms with E-state index in [1.165, 1.54) is 12.5 Å². The molecule has 0 saturated heterocycles. The van der Waals surface area contributed by atoms with Crippen molar-refractivity contribution in [2.45, 2.75) is 19.8 Å². The van der Waals surface area contributed by atoms with Gasteiger partial charge in [-0.1, -0.05) is 11.6 Å². The molecule has 72 valence electrons. The van der Waals surface area contributed by atoms with Gasteiger partial charge in [0.15, 0.2) is 0 Å². The predicted octanol–water partition coefficient (Wildman–Crippen LogP) is 0.946. The Kier molecular flexibility index (Phi) is 3.71. The molecule has 2 N–H and O–H groups in total. The fourth-order valence-corrected chi connectivity index (χ4v) is 1.38. The Morgan fingerprint density at radius 2 is 2.23 bits per heavy atom. The molecule has 0 aromatic carbocycles. The van der Waals surface area contributed by atoms with Crippen molar-refractivity contribution in [3.63, 3.8) is 0 Å². The SMILES string of the molecule is CNCC1=CC=C(NC(C)=O)CC1. The van der Waals surface area contributed by atoms with Crippen molar-refractivity contribution in [3.8, 4) is 0 Å². The summed E-state index contributed by atoms with van der Waals surface area (Å²) in [7, 11) is 1.94. The van der Waals surface area contributed by atoms with Crippen LogP contribution in [0.15, 0.2) is 23.4 Å². The maximum Gasteiger partial charge on any atom is 0.220 e. The Morgan fingerprint density at radius 3 is 2.69 bits per heavy atom. The van der Waals surface area contributed by atoms with Crippen molar-refractivity contribution in [1.82, 2.24) is 10.6 Å². The average molecular weight is 180 g/mol. The van der Waals surface area contributed by atoms with Gasteiger partial charge in [-0.25, -0.2) is 0 Å². The van der Waals surface area contributed by atoms with Crippen LogP contribution in [0.3, 0.4) is 0 Å². The third kappa shape index (κ3) is 3.42. The lowest BCUT2D eigenvalue weighted by molar-refractivity contribution is -0.118. The molecule has 3 nitrogen and oxygen atoms in total. The molecule has 0 radical (unpaired) electrons. The molecule has 0 spiro atoms. The molecule has 1 amide bonds. The van der Waals surface area contributed by atoms with Crippen LogP contribution in [0.1, 0.15) is 19.8 Å². The summed E-state index contributed by atoms with van der Waals surface area (Å²) in [4.78, 5) is 10.7. The van der Waals surface area contributed by atoms with E-state index in [1.807, 2.05) is 13.1 Å². The van der Waals surface area contributed by atoms with Crippen LogP contribution in [0.5, 0.6) is 0 Å². The van der Waals surface area contributed by atoms with Crippen molar-refractivity contribution in [2.24, 2.45) is 0 Å². The number of likely N-dealkylation sites (N-methyl/N-ethyl adjacent to an activating group) is 1. The van der Waals surface area contributed by atoms with Gasteiger partial charge >= 0.3 is 0 Å². The molecule has 0 unspecified atom stereocenters. The van der Waals surface area contributed by atoms with Gasteiger partial charge in [-0.3, -0.25) is 4.79 Å². The second-order valence-electron chi connectivity index (χ2n) is 3.23. The largest absolute Gasteiger partial charge is 0.330 e. The molecule has 3 heteroatoms. The number of hydrogen-bond acceptors (Lipinski definition) is 2. The lowest BCUT2D eigenvalue weighted by atomic mass is 10.0. The third-order valence-corrected chi connectivity index (χ3v) is 1.98. The van der Waals surface area contributed by atoms with Gasteiger partial charge in [0.25, 0.3) is 0 Å². The molecule has 0 fully saturated rings. The quantitative estimate of drug-likeness (QED) is 0.679. The number of amides is 1. The van der Waals surface area contributed by atoms with Gasteiger partial charge in [0.05, 0.1) is 0 Å². The van der Waals surface area contributed by atoms with E-state index in [0.717, 1.165) is 25.1 Å². The Hall–Kier alpha value is -1.09. The molecule has 0 heterocycles. The second-order valence-corrected chi connectivity index (χ2v) is 3.23. The van der Waals surface area contributed by atoms with Crippen LogP contribution < -0.4 is 10.6 Å². The highest BCUT2D eigenvalue weighted by molar-refractivity contribution is 5.75. The van der Waals surface area contributed by atoms with Gasteiger partial charge in [0, 0.05) is 19.2 Å². The van der Waals surface area contributed by atoms with Crippen LogP contribution in [0.2, 0.25) is 0 Å². The fraction of sp³-hybridized carbons (Fsp3) is 0.500. The Balaban J connectivity index is 2.49. The maximum atomic E-state index is 10.7. The van der Waals surface area contributed by atoms with Gasteiger partial charge < -0.3 is 10.6 Å². The molecule has 1 aliphatic rings. The first kappa shape index (κ1) is 9.99. The van der Waals surface area contributed by atoms with E-state index in [-0.39, 0.29) is 5.91 Å². The number of allylic oxidation sites excluding steroid dienone is 3. The van der Waals surface area contributed by atoms with Crippen LogP contribution in [-0.4, -0.2) is 19.5 Å². The number of hydrogen-bond donors (Lipinski definition) is 2. The van der Waals surface area contributed by atoms with Crippen molar-refractivity contribution in [1.29, 1.82) is 0 Å². The molecule has 0 bridgehead atoms. The van der Waals surface area contributed by atoms with E-state index >= 15 is 0 Å². The van der Waals surface area contributed by atoms with Gasteiger partial charge in [0.1, 0.15) is 0 Å². The molecule has 13 heavy (non-hydrogen) atoms. The summed E-state index contributed by atoms with van der Waals surface area (Å²) in [6, 6.07) is 0. The lowest BCUT2D eigenvalue weighted by Crippen LogP contribution is -2.21. The minimum Gasteiger partial charge on any atom is -0.330 e. The van der Waals surface area contributed by atoms with Crippen LogP contribution >= 0.6 is 0 Å². The smallest absolute Gasteiger partial charge is 0.220 e. The highest BCUT2D eigenvalue weighted by atomic mass is 16.1. The maximum absolute atomic E-state index is 10.7. The summed E-state index contributed by atoms with van der Waals surface area (Å²) >= 11 is 0. The fourth-order valence-electron chi connectivity index (χ4n) is 1.38. The van der Waals surface area contributed by atoms with E-state index < -0.39 is 0 Å². The second kappa shape index (κ2) is 4.82. The summed E-state index contributed by atoms with van der Waals surface area (Å²) in [5.41, 5.74) is 2.41. The van der Waals surface area contributed by atoms with Crippen molar-refractivity contribution in [3.05, 3.63) is 23.4 Å². The van der Waals surface area contributed by atoms with Crippen molar-refractivity contribution in [2.75, 3.05) is 13.6 Å². The summed E-state index contributed by atoms with van der Waals surface area (Å²) in [6.07, 6.45) is 6.03. The molecule has 1 rings (SSSR count). The normalized spacial score (nSPS) is 16.2. The molecule has 0 aromatic rings. The topological polar surface area (TPSA) is 41.1 Å². The molecule has 1 aliphatic carbocycles. The predicted molar refractivity (Wildman–Crippen MR) is 53.1 cm³/mol. The molecule has 0 saturated carbocycles. The molecule has 0 aliphatic heterocycles. The van der Waals surface area contributed by atoms with Gasteiger partial charge in [0.2, 0.25) is 5.91 Å². The molecule has 0 atom stereocenters. The van der Waals surface area contributed by atoms with Gasteiger partial charge in [-0.05, 0) is 26.0 Å². The lowest BCUT2D eigenvalue weighted by Gasteiger charge is -2.14. The van der Waals surface area contributed by atoms with Crippen LogP contribution in [0.25, 0.3) is 0 Å². The monoisotopic (exact) mass is 180 g/mol. The Labute approximate surface area is 78.9 Å². The van der Waals surface area contributed by atoms with Gasteiger partial charge in [-0.15, -0.1) is 0 Å². The Bertz CT molecular complexity index is 254. The van der Waals surface area contributed by atoms with E-state index in [2.05, 4.69) is 16.7 Å². The van der Waals surface area contributed by atoms with Crippen LogP contribution in [0.4, 0.5) is 0 Å². The van der Waals surface area contributed by atoms with E-state index in [4.69, 9.17) is 0 Å². The first-order valence-electron chi connectivity index (χ1n) is 4.53. The first-order valence-corrected chi connectivity index (χ1v) is 4.53. The molecular weight excluding hydrogens is 164 g/mol. The Morgan fingerprint density at radius 1 is 1.46 bits per heavy atom. The number of rotatable bonds is 3. The van der Waals surface area contributed by atoms with Crippen LogP contribution in [-0.2, 0) is 4.79 Å². The molecular formula is C10H16N2O. The van der Waals surface area contributed by atoms with Crippen LogP contribution in [0, 0.1) is 0 Å². The number of carbonyl (C=O) groups is 1. The average Bonchev–Trinajstić information content (AvgIpc) is 2.08. The van der Waals surface area contributed by atoms with E-state index in [1.54, 1.807) is 0 Å². The zero-order valence-corrected chi connectivity index (χ0v) is 8.18.